The highest BCUT2D eigenvalue weighted by Crippen LogP contribution is 2.45. The third kappa shape index (κ3) is 4.59. The first kappa shape index (κ1) is 25.4. The molecule has 1 aliphatic rings. The van der Waals surface area contributed by atoms with Crippen LogP contribution in [-0.2, 0) is 21.4 Å². The summed E-state index contributed by atoms with van der Waals surface area (Å²) in [5, 5.41) is 3.01. The lowest BCUT2D eigenvalue weighted by molar-refractivity contribution is -0.112. The average molecular weight is 529 g/mol. The molecule has 1 aliphatic heterocycles. The van der Waals surface area contributed by atoms with E-state index in [2.05, 4.69) is 5.32 Å². The van der Waals surface area contributed by atoms with Gasteiger partial charge in [0.2, 0.25) is 0 Å². The Morgan fingerprint density at radius 3 is 2.19 bits per heavy atom. The third-order valence-corrected chi connectivity index (χ3v) is 8.00. The Morgan fingerprint density at radius 1 is 0.917 bits per heavy atom. The van der Waals surface area contributed by atoms with Crippen molar-refractivity contribution >= 4 is 44.5 Å². The molecule has 0 aromatic heterocycles. The summed E-state index contributed by atoms with van der Waals surface area (Å²) in [6.45, 7) is 1.60. The maximum atomic E-state index is 14.0. The molecule has 0 aliphatic carbocycles. The maximum absolute atomic E-state index is 14.0. The van der Waals surface area contributed by atoms with E-state index in [1.165, 1.54) is 31.7 Å². The molecule has 0 radical (unpaired) electrons. The number of methoxy groups -OCH3 is 3. The average Bonchev–Trinajstić information content (AvgIpc) is 2.86. The van der Waals surface area contributed by atoms with Gasteiger partial charge in [0.15, 0.2) is 16.4 Å². The van der Waals surface area contributed by atoms with Gasteiger partial charge in [-0.1, -0.05) is 41.9 Å². The number of nitrogens with zero attached hydrogens (tertiary/aromatic N) is 1. The molecule has 0 spiro atoms. The standard InChI is InChI=1S/C26H25ClN2O6S/c1-16-19-13-23(34-3)24(35-4)14-21(19)29(15-17-8-6-5-7-9-17)36(31,32)25(16)26(30)28-20-12-18(27)10-11-22(20)33-2/h5-14H,15H2,1-4H3,(H,28,30). The fraction of sp³-hybridized carbons (Fsp3) is 0.192. The number of anilines is 2. The van der Waals surface area contributed by atoms with Crippen LogP contribution in [0.1, 0.15) is 18.1 Å². The van der Waals surface area contributed by atoms with Crippen molar-refractivity contribution in [1.82, 2.24) is 0 Å². The van der Waals surface area contributed by atoms with Gasteiger partial charge in [-0.3, -0.25) is 9.10 Å². The molecule has 3 aromatic rings. The number of sulfonamides is 1. The van der Waals surface area contributed by atoms with Gasteiger partial charge in [0.05, 0.1) is 39.2 Å². The van der Waals surface area contributed by atoms with E-state index in [1.54, 1.807) is 31.2 Å². The van der Waals surface area contributed by atoms with Crippen LogP contribution in [0.25, 0.3) is 5.57 Å². The number of benzene rings is 3. The van der Waals surface area contributed by atoms with Crippen molar-refractivity contribution in [2.45, 2.75) is 13.5 Å². The van der Waals surface area contributed by atoms with E-state index in [-0.39, 0.29) is 22.7 Å². The smallest absolute Gasteiger partial charge is 0.270 e. The van der Waals surface area contributed by atoms with E-state index in [0.717, 1.165) is 5.56 Å². The third-order valence-electron chi connectivity index (χ3n) is 5.85. The molecule has 0 saturated heterocycles. The maximum Gasteiger partial charge on any atom is 0.270 e. The number of hydrogen-bond donors (Lipinski definition) is 1. The van der Waals surface area contributed by atoms with Crippen LogP contribution in [-0.4, -0.2) is 35.7 Å². The number of ether oxygens (including phenoxy) is 3. The van der Waals surface area contributed by atoms with E-state index < -0.39 is 15.9 Å². The number of allylic oxidation sites excluding steroid dienone is 1. The monoisotopic (exact) mass is 528 g/mol. The van der Waals surface area contributed by atoms with Gasteiger partial charge < -0.3 is 19.5 Å². The lowest BCUT2D eigenvalue weighted by atomic mass is 10.0. The quantitative estimate of drug-likeness (QED) is 0.459. The van der Waals surface area contributed by atoms with Crippen molar-refractivity contribution in [2.24, 2.45) is 0 Å². The number of fused-ring (bicyclic) bond motifs is 1. The summed E-state index contributed by atoms with van der Waals surface area (Å²) in [6.07, 6.45) is 0. The van der Waals surface area contributed by atoms with Crippen LogP contribution >= 0.6 is 11.6 Å². The number of amides is 1. The van der Waals surface area contributed by atoms with Crippen molar-refractivity contribution in [3.8, 4) is 17.2 Å². The Hall–Kier alpha value is -3.69. The summed E-state index contributed by atoms with van der Waals surface area (Å²) in [4.78, 5) is 13.1. The Kier molecular flexibility index (Phi) is 7.14. The van der Waals surface area contributed by atoms with Crippen molar-refractivity contribution in [2.75, 3.05) is 31.0 Å². The van der Waals surface area contributed by atoms with Crippen molar-refractivity contribution in [3.63, 3.8) is 0 Å². The zero-order valence-electron chi connectivity index (χ0n) is 20.2. The molecule has 0 bridgehead atoms. The first-order valence-electron chi connectivity index (χ1n) is 10.9. The molecule has 0 atom stereocenters. The zero-order valence-corrected chi connectivity index (χ0v) is 21.7. The van der Waals surface area contributed by atoms with Gasteiger partial charge in [0.1, 0.15) is 5.75 Å². The largest absolute Gasteiger partial charge is 0.495 e. The molecule has 36 heavy (non-hydrogen) atoms. The highest BCUT2D eigenvalue weighted by molar-refractivity contribution is 7.97. The van der Waals surface area contributed by atoms with Crippen molar-refractivity contribution in [1.29, 1.82) is 0 Å². The number of carbonyl (C=O) groups excluding carboxylic acids is 1. The minimum Gasteiger partial charge on any atom is -0.495 e. The highest BCUT2D eigenvalue weighted by Gasteiger charge is 2.40. The Balaban J connectivity index is 1.89. The normalized spacial score (nSPS) is 14.2. The Labute approximate surface area is 215 Å². The number of hydrogen-bond acceptors (Lipinski definition) is 6. The SMILES string of the molecule is COc1ccc(Cl)cc1NC(=O)C1=C(C)c2cc(OC)c(OC)cc2N(Cc2ccccc2)S1(=O)=O. The van der Waals surface area contributed by atoms with Crippen LogP contribution < -0.4 is 23.8 Å². The number of carbonyl (C=O) groups is 1. The predicted molar refractivity (Wildman–Crippen MR) is 140 cm³/mol. The minimum atomic E-state index is -4.29. The molecule has 0 fully saturated rings. The van der Waals surface area contributed by atoms with Crippen molar-refractivity contribution < 1.29 is 27.4 Å². The second-order valence-corrected chi connectivity index (χ2v) is 10.2. The number of nitrogens with one attached hydrogen (secondary N) is 1. The molecule has 188 valence electrons. The van der Waals surface area contributed by atoms with Gasteiger partial charge in [0, 0.05) is 16.7 Å². The lowest BCUT2D eigenvalue weighted by Gasteiger charge is -2.33. The van der Waals surface area contributed by atoms with Crippen LogP contribution in [0.3, 0.4) is 0 Å². The van der Waals surface area contributed by atoms with Crippen LogP contribution in [0.4, 0.5) is 11.4 Å². The fourth-order valence-corrected chi connectivity index (χ4v) is 6.00. The first-order chi connectivity index (χ1) is 17.2. The highest BCUT2D eigenvalue weighted by atomic mass is 35.5. The van der Waals surface area contributed by atoms with E-state index in [0.29, 0.717) is 33.5 Å². The van der Waals surface area contributed by atoms with Gasteiger partial charge in [-0.05, 0) is 42.3 Å². The van der Waals surface area contributed by atoms with Crippen molar-refractivity contribution in [3.05, 3.63) is 81.7 Å². The summed E-state index contributed by atoms with van der Waals surface area (Å²) < 4.78 is 45.3. The molecule has 1 amide bonds. The van der Waals surface area contributed by atoms with E-state index >= 15 is 0 Å². The van der Waals surface area contributed by atoms with Crippen LogP contribution in [0.2, 0.25) is 5.02 Å². The van der Waals surface area contributed by atoms with Gasteiger partial charge in [0.25, 0.3) is 15.9 Å². The molecule has 0 saturated carbocycles. The molecule has 3 aromatic carbocycles. The summed E-state index contributed by atoms with van der Waals surface area (Å²) >= 11 is 6.10. The lowest BCUT2D eigenvalue weighted by Crippen LogP contribution is -2.39. The first-order valence-corrected chi connectivity index (χ1v) is 12.7. The molecule has 10 heteroatoms. The summed E-state index contributed by atoms with van der Waals surface area (Å²) in [5.74, 6) is 0.304. The van der Waals surface area contributed by atoms with E-state index in [9.17, 15) is 13.2 Å². The Bertz CT molecular complexity index is 1450. The second-order valence-electron chi connectivity index (χ2n) is 7.97. The molecule has 1 heterocycles. The van der Waals surface area contributed by atoms with Crippen LogP contribution in [0.15, 0.2) is 65.6 Å². The van der Waals surface area contributed by atoms with Gasteiger partial charge in [-0.2, -0.15) is 0 Å². The topological polar surface area (TPSA) is 94.2 Å². The summed E-state index contributed by atoms with van der Waals surface area (Å²) in [6, 6.07) is 17.1. The molecule has 0 unspecified atom stereocenters. The van der Waals surface area contributed by atoms with Crippen LogP contribution in [0, 0.1) is 0 Å². The molecular formula is C26H25ClN2O6S. The number of halogens is 1. The molecule has 1 N–H and O–H groups in total. The zero-order chi connectivity index (χ0) is 26.0. The Morgan fingerprint density at radius 2 is 1.56 bits per heavy atom. The van der Waals surface area contributed by atoms with Gasteiger partial charge in [-0.25, -0.2) is 8.42 Å². The van der Waals surface area contributed by atoms with Gasteiger partial charge in [-0.15, -0.1) is 0 Å². The van der Waals surface area contributed by atoms with Crippen LogP contribution in [0.5, 0.6) is 17.2 Å². The second kappa shape index (κ2) is 10.1. The van der Waals surface area contributed by atoms with E-state index in [1.807, 2.05) is 30.3 Å². The molecule has 4 rings (SSSR count). The van der Waals surface area contributed by atoms with Gasteiger partial charge >= 0.3 is 0 Å². The predicted octanol–water partition coefficient (Wildman–Crippen LogP) is 5.09. The molecule has 8 nitrogen and oxygen atoms in total. The number of rotatable bonds is 7. The summed E-state index contributed by atoms with van der Waals surface area (Å²) in [7, 11) is 0.120. The van der Waals surface area contributed by atoms with E-state index in [4.69, 9.17) is 25.8 Å². The minimum absolute atomic E-state index is 0.0101. The summed E-state index contributed by atoms with van der Waals surface area (Å²) in [5.41, 5.74) is 2.18. The molecular weight excluding hydrogens is 504 g/mol. The fourth-order valence-electron chi connectivity index (χ4n) is 4.09.